The maximum Gasteiger partial charge on any atom is 0.316 e. The molecule has 0 aromatic heterocycles. The largest absolute Gasteiger partial charge is 0.489 e. The van der Waals surface area contributed by atoms with Gasteiger partial charge in [-0.3, -0.25) is 9.59 Å². The number of nitrogens with one attached hydrogen (secondary N) is 1. The Kier molecular flexibility index (Phi) is 6.01. The summed E-state index contributed by atoms with van der Waals surface area (Å²) in [7, 11) is 0. The molecule has 0 bridgehead atoms. The molecule has 1 aromatic rings. The SMILES string of the molecule is CCC(C(=O)O)C(=O)Nc1cc(Br)ccc1OC(C)C. The van der Waals surface area contributed by atoms with Crippen molar-refractivity contribution >= 4 is 33.5 Å². The maximum atomic E-state index is 12.0. The predicted octanol–water partition coefficient (Wildman–Crippen LogP) is 3.29. The molecule has 0 saturated carbocycles. The van der Waals surface area contributed by atoms with Gasteiger partial charge in [0.2, 0.25) is 5.91 Å². The number of halogens is 1. The van der Waals surface area contributed by atoms with E-state index in [0.717, 1.165) is 4.47 Å². The number of benzene rings is 1. The molecule has 2 N–H and O–H groups in total. The van der Waals surface area contributed by atoms with E-state index in [2.05, 4.69) is 21.2 Å². The minimum Gasteiger partial charge on any atom is -0.489 e. The number of carbonyl (C=O) groups is 2. The first-order valence-electron chi connectivity index (χ1n) is 6.35. The molecule has 0 radical (unpaired) electrons. The van der Waals surface area contributed by atoms with Crippen LogP contribution >= 0.6 is 15.9 Å². The molecule has 0 aliphatic heterocycles. The average Bonchev–Trinajstić information content (AvgIpc) is 2.32. The van der Waals surface area contributed by atoms with Crippen LogP contribution in [-0.2, 0) is 9.59 Å². The van der Waals surface area contributed by atoms with Crippen LogP contribution in [0, 0.1) is 5.92 Å². The molecule has 1 rings (SSSR count). The first-order valence-corrected chi connectivity index (χ1v) is 7.14. The van der Waals surface area contributed by atoms with Gasteiger partial charge in [-0.05, 0) is 38.5 Å². The number of ether oxygens (including phenoxy) is 1. The van der Waals surface area contributed by atoms with E-state index < -0.39 is 17.8 Å². The van der Waals surface area contributed by atoms with E-state index >= 15 is 0 Å². The summed E-state index contributed by atoms with van der Waals surface area (Å²) in [6, 6.07) is 5.20. The molecular weight excluding hydrogens is 326 g/mol. The van der Waals surface area contributed by atoms with Crippen LogP contribution in [0.5, 0.6) is 5.75 Å². The summed E-state index contributed by atoms with van der Waals surface area (Å²) < 4.78 is 6.36. The van der Waals surface area contributed by atoms with E-state index in [0.29, 0.717) is 11.4 Å². The van der Waals surface area contributed by atoms with Gasteiger partial charge in [-0.2, -0.15) is 0 Å². The van der Waals surface area contributed by atoms with E-state index in [4.69, 9.17) is 9.84 Å². The second kappa shape index (κ2) is 7.28. The highest BCUT2D eigenvalue weighted by atomic mass is 79.9. The third-order valence-electron chi connectivity index (χ3n) is 2.58. The molecular formula is C14H18BrNO4. The van der Waals surface area contributed by atoms with Crippen LogP contribution in [0.1, 0.15) is 27.2 Å². The highest BCUT2D eigenvalue weighted by Gasteiger charge is 2.25. The second-order valence-corrected chi connectivity index (χ2v) is 5.51. The van der Waals surface area contributed by atoms with Crippen molar-refractivity contribution in [1.29, 1.82) is 0 Å². The second-order valence-electron chi connectivity index (χ2n) is 4.60. The fourth-order valence-electron chi connectivity index (χ4n) is 1.65. The minimum atomic E-state index is -1.13. The molecule has 0 saturated heterocycles. The Hall–Kier alpha value is -1.56. The van der Waals surface area contributed by atoms with Gasteiger partial charge >= 0.3 is 5.97 Å². The van der Waals surface area contributed by atoms with Gasteiger partial charge in [0.25, 0.3) is 0 Å². The maximum absolute atomic E-state index is 12.0. The third-order valence-corrected chi connectivity index (χ3v) is 3.08. The Bertz CT molecular complexity index is 502. The summed E-state index contributed by atoms with van der Waals surface area (Å²) >= 11 is 3.31. The molecule has 0 aliphatic rings. The summed E-state index contributed by atoms with van der Waals surface area (Å²) in [5, 5.41) is 11.6. The van der Waals surface area contributed by atoms with Crippen molar-refractivity contribution in [3.8, 4) is 5.75 Å². The Balaban J connectivity index is 2.98. The summed E-state index contributed by atoms with van der Waals surface area (Å²) in [6.45, 7) is 5.41. The number of amides is 1. The summed E-state index contributed by atoms with van der Waals surface area (Å²) in [5.41, 5.74) is 0.456. The first kappa shape index (κ1) is 16.5. The van der Waals surface area contributed by atoms with Crippen LogP contribution in [0.4, 0.5) is 5.69 Å². The lowest BCUT2D eigenvalue weighted by Gasteiger charge is -2.17. The van der Waals surface area contributed by atoms with Crippen molar-refractivity contribution in [3.63, 3.8) is 0 Å². The van der Waals surface area contributed by atoms with Gasteiger partial charge in [0.15, 0.2) is 0 Å². The average molecular weight is 344 g/mol. The van der Waals surface area contributed by atoms with E-state index in [1.807, 2.05) is 13.8 Å². The topological polar surface area (TPSA) is 75.6 Å². The van der Waals surface area contributed by atoms with Crippen molar-refractivity contribution in [2.24, 2.45) is 5.92 Å². The van der Waals surface area contributed by atoms with Gasteiger partial charge in [0.1, 0.15) is 11.7 Å². The molecule has 0 spiro atoms. The van der Waals surface area contributed by atoms with Crippen LogP contribution in [0.25, 0.3) is 0 Å². The Morgan fingerprint density at radius 1 is 1.40 bits per heavy atom. The highest BCUT2D eigenvalue weighted by Crippen LogP contribution is 2.29. The molecule has 1 aromatic carbocycles. The van der Waals surface area contributed by atoms with E-state index in [1.54, 1.807) is 25.1 Å². The molecule has 110 valence electrons. The van der Waals surface area contributed by atoms with E-state index in [9.17, 15) is 9.59 Å². The monoisotopic (exact) mass is 343 g/mol. The number of anilines is 1. The zero-order chi connectivity index (χ0) is 15.3. The number of carboxylic acid groups (broad SMARTS) is 1. The molecule has 0 fully saturated rings. The molecule has 6 heteroatoms. The summed E-state index contributed by atoms with van der Waals surface area (Å²) in [4.78, 5) is 23.0. The number of rotatable bonds is 6. The third kappa shape index (κ3) is 4.52. The zero-order valence-corrected chi connectivity index (χ0v) is 13.2. The number of carboxylic acids is 1. The van der Waals surface area contributed by atoms with Gasteiger partial charge in [0, 0.05) is 4.47 Å². The van der Waals surface area contributed by atoms with Crippen molar-refractivity contribution in [2.75, 3.05) is 5.32 Å². The van der Waals surface area contributed by atoms with E-state index in [-0.39, 0.29) is 12.5 Å². The van der Waals surface area contributed by atoms with Gasteiger partial charge in [-0.25, -0.2) is 0 Å². The number of aliphatic carboxylic acids is 1. The molecule has 1 amide bonds. The van der Waals surface area contributed by atoms with Crippen molar-refractivity contribution < 1.29 is 19.4 Å². The van der Waals surface area contributed by atoms with Crippen molar-refractivity contribution in [3.05, 3.63) is 22.7 Å². The fourth-order valence-corrected chi connectivity index (χ4v) is 2.01. The van der Waals surface area contributed by atoms with Crippen LogP contribution in [-0.4, -0.2) is 23.1 Å². The summed E-state index contributed by atoms with van der Waals surface area (Å²) in [6.07, 6.45) is 0.184. The summed E-state index contributed by atoms with van der Waals surface area (Å²) in [5.74, 6) is -2.24. The lowest BCUT2D eigenvalue weighted by molar-refractivity contribution is -0.145. The minimum absolute atomic E-state index is 0.0479. The lowest BCUT2D eigenvalue weighted by atomic mass is 10.1. The number of hydrogen-bond donors (Lipinski definition) is 2. The lowest BCUT2D eigenvalue weighted by Crippen LogP contribution is -2.29. The van der Waals surface area contributed by atoms with Crippen LogP contribution in [0.3, 0.4) is 0 Å². The van der Waals surface area contributed by atoms with E-state index in [1.165, 1.54) is 0 Å². The highest BCUT2D eigenvalue weighted by molar-refractivity contribution is 9.10. The molecule has 0 aliphatic carbocycles. The van der Waals surface area contributed by atoms with Gasteiger partial charge in [0.05, 0.1) is 11.8 Å². The quantitative estimate of drug-likeness (QED) is 0.777. The molecule has 1 atom stereocenters. The molecule has 20 heavy (non-hydrogen) atoms. The van der Waals surface area contributed by atoms with Crippen LogP contribution in [0.2, 0.25) is 0 Å². The normalized spacial score (nSPS) is 12.1. The molecule has 1 unspecified atom stereocenters. The van der Waals surface area contributed by atoms with Gasteiger partial charge in [-0.1, -0.05) is 22.9 Å². The number of hydrogen-bond acceptors (Lipinski definition) is 3. The predicted molar refractivity (Wildman–Crippen MR) is 80.0 cm³/mol. The van der Waals surface area contributed by atoms with Gasteiger partial charge in [-0.15, -0.1) is 0 Å². The van der Waals surface area contributed by atoms with Crippen molar-refractivity contribution in [2.45, 2.75) is 33.3 Å². The van der Waals surface area contributed by atoms with Crippen LogP contribution < -0.4 is 10.1 Å². The fraction of sp³-hybridized carbons (Fsp3) is 0.429. The Morgan fingerprint density at radius 2 is 2.05 bits per heavy atom. The Morgan fingerprint density at radius 3 is 2.55 bits per heavy atom. The zero-order valence-electron chi connectivity index (χ0n) is 11.6. The van der Waals surface area contributed by atoms with Gasteiger partial charge < -0.3 is 15.2 Å². The van der Waals surface area contributed by atoms with Crippen molar-refractivity contribution in [1.82, 2.24) is 0 Å². The molecule has 5 nitrogen and oxygen atoms in total. The molecule has 0 heterocycles. The van der Waals surface area contributed by atoms with Crippen LogP contribution in [0.15, 0.2) is 22.7 Å². The smallest absolute Gasteiger partial charge is 0.316 e. The first-order chi connectivity index (χ1) is 9.35. The Labute approximate surface area is 126 Å². The number of carbonyl (C=O) groups excluding carboxylic acids is 1. The standard InChI is InChI=1S/C14H18BrNO4/c1-4-10(14(18)19)13(17)16-11-7-9(15)5-6-12(11)20-8(2)3/h5-8,10H,4H2,1-3H3,(H,16,17)(H,18,19).